The van der Waals surface area contributed by atoms with Crippen LogP contribution in [-0.4, -0.2) is 41.1 Å². The molecule has 5 nitrogen and oxygen atoms in total. The third-order valence-corrected chi connectivity index (χ3v) is 4.29. The van der Waals surface area contributed by atoms with Gasteiger partial charge in [-0.25, -0.2) is 4.98 Å². The molecular weight excluding hydrogens is 260 g/mol. The number of nitrogens with zero attached hydrogens (tertiary/aromatic N) is 3. The normalized spacial score (nSPS) is 16.3. The first-order valence-electron chi connectivity index (χ1n) is 6.61. The van der Waals surface area contributed by atoms with Gasteiger partial charge in [0, 0.05) is 11.4 Å². The molecule has 2 N–H and O–H groups in total. The van der Waals surface area contributed by atoms with Crippen molar-refractivity contribution < 1.29 is 4.74 Å². The quantitative estimate of drug-likeness (QED) is 0.927. The van der Waals surface area contributed by atoms with Gasteiger partial charge in [-0.3, -0.25) is 4.90 Å². The van der Waals surface area contributed by atoms with Crippen molar-refractivity contribution in [2.24, 2.45) is 0 Å². The minimum Gasteiger partial charge on any atom is -0.476 e. The van der Waals surface area contributed by atoms with Crippen molar-refractivity contribution in [3.8, 4) is 5.88 Å². The van der Waals surface area contributed by atoms with Gasteiger partial charge in [0.05, 0.1) is 5.39 Å². The van der Waals surface area contributed by atoms with Gasteiger partial charge in [0.2, 0.25) is 11.8 Å². The second kappa shape index (κ2) is 5.30. The molecule has 1 aliphatic heterocycles. The zero-order chi connectivity index (χ0) is 13.2. The molecule has 102 valence electrons. The summed E-state index contributed by atoms with van der Waals surface area (Å²) in [6, 6.07) is 2.06. The van der Waals surface area contributed by atoms with E-state index in [0.29, 0.717) is 12.5 Å². The number of anilines is 1. The van der Waals surface area contributed by atoms with Gasteiger partial charge in [0.1, 0.15) is 11.4 Å². The summed E-state index contributed by atoms with van der Waals surface area (Å²) in [5, 5.41) is 0.970. The van der Waals surface area contributed by atoms with Gasteiger partial charge in [-0.2, -0.15) is 4.98 Å². The van der Waals surface area contributed by atoms with Gasteiger partial charge < -0.3 is 10.5 Å². The Kier molecular flexibility index (Phi) is 3.52. The van der Waals surface area contributed by atoms with Crippen LogP contribution in [0.2, 0.25) is 0 Å². The molecule has 1 fully saturated rings. The van der Waals surface area contributed by atoms with Gasteiger partial charge >= 0.3 is 0 Å². The summed E-state index contributed by atoms with van der Waals surface area (Å²) in [6.07, 6.45) is 2.60. The van der Waals surface area contributed by atoms with Crippen molar-refractivity contribution >= 4 is 27.5 Å². The second-order valence-corrected chi connectivity index (χ2v) is 6.09. The van der Waals surface area contributed by atoms with E-state index in [0.717, 1.165) is 16.8 Å². The maximum absolute atomic E-state index is 5.81. The predicted molar refractivity (Wildman–Crippen MR) is 77.7 cm³/mol. The van der Waals surface area contributed by atoms with Crippen LogP contribution in [0.5, 0.6) is 5.88 Å². The average Bonchev–Trinajstić information content (AvgIpc) is 2.97. The molecular formula is C13H18N4OS. The number of nitrogen functional groups attached to an aromatic ring is 1. The summed E-state index contributed by atoms with van der Waals surface area (Å²) in [5.74, 6) is 0.900. The molecule has 0 saturated carbocycles. The van der Waals surface area contributed by atoms with Crippen LogP contribution < -0.4 is 10.5 Å². The van der Waals surface area contributed by atoms with E-state index in [2.05, 4.69) is 27.9 Å². The fraction of sp³-hybridized carbons (Fsp3) is 0.538. The Bertz CT molecular complexity index is 577. The molecule has 0 radical (unpaired) electrons. The van der Waals surface area contributed by atoms with E-state index < -0.39 is 0 Å². The van der Waals surface area contributed by atoms with Crippen LogP contribution in [0.3, 0.4) is 0 Å². The van der Waals surface area contributed by atoms with Gasteiger partial charge in [-0.1, -0.05) is 0 Å². The number of ether oxygens (including phenoxy) is 1. The number of aromatic nitrogens is 2. The minimum atomic E-state index is 0.283. The van der Waals surface area contributed by atoms with Gasteiger partial charge in [-0.05, 0) is 38.9 Å². The number of hydrogen-bond donors (Lipinski definition) is 1. The zero-order valence-corrected chi connectivity index (χ0v) is 11.9. The lowest BCUT2D eigenvalue weighted by atomic mass is 10.3. The van der Waals surface area contributed by atoms with Crippen molar-refractivity contribution in [2.45, 2.75) is 19.8 Å². The van der Waals surface area contributed by atoms with Gasteiger partial charge in [0.15, 0.2) is 0 Å². The summed E-state index contributed by atoms with van der Waals surface area (Å²) >= 11 is 1.62. The van der Waals surface area contributed by atoms with Crippen LogP contribution in [0, 0.1) is 6.92 Å². The van der Waals surface area contributed by atoms with Crippen LogP contribution in [0.4, 0.5) is 5.95 Å². The van der Waals surface area contributed by atoms with Crippen LogP contribution in [0.1, 0.15) is 17.7 Å². The van der Waals surface area contributed by atoms with E-state index in [4.69, 9.17) is 10.5 Å². The molecule has 3 rings (SSSR count). The molecule has 19 heavy (non-hydrogen) atoms. The highest BCUT2D eigenvalue weighted by atomic mass is 32.1. The predicted octanol–water partition coefficient (Wildman–Crippen LogP) is 2.06. The Morgan fingerprint density at radius 1 is 1.37 bits per heavy atom. The number of rotatable bonds is 4. The molecule has 0 aliphatic carbocycles. The monoisotopic (exact) mass is 278 g/mol. The Morgan fingerprint density at radius 2 is 2.16 bits per heavy atom. The maximum atomic E-state index is 5.81. The third-order valence-electron chi connectivity index (χ3n) is 3.34. The molecule has 6 heteroatoms. The summed E-state index contributed by atoms with van der Waals surface area (Å²) in [4.78, 5) is 13.0. The standard InChI is InChI=1S/C13H18N4OS/c1-9-8-10-11(15-13(14)16-12(10)19-9)18-7-6-17-4-2-3-5-17/h8H,2-7H2,1H3,(H2,14,15,16). The molecule has 0 unspecified atom stereocenters. The highest BCUT2D eigenvalue weighted by Gasteiger charge is 2.13. The molecule has 3 heterocycles. The van der Waals surface area contributed by atoms with E-state index in [1.165, 1.54) is 30.8 Å². The molecule has 0 aromatic carbocycles. The van der Waals surface area contributed by atoms with Crippen molar-refractivity contribution in [1.82, 2.24) is 14.9 Å². The number of thiophene rings is 1. The smallest absolute Gasteiger partial charge is 0.227 e. The van der Waals surface area contributed by atoms with E-state index in [1.807, 2.05) is 0 Å². The van der Waals surface area contributed by atoms with Crippen LogP contribution in [-0.2, 0) is 0 Å². The van der Waals surface area contributed by atoms with E-state index >= 15 is 0 Å². The summed E-state index contributed by atoms with van der Waals surface area (Å²) in [6.45, 7) is 6.02. The first-order chi connectivity index (χ1) is 9.22. The van der Waals surface area contributed by atoms with Crippen molar-refractivity contribution in [1.29, 1.82) is 0 Å². The Labute approximate surface area is 116 Å². The molecule has 1 aliphatic rings. The van der Waals surface area contributed by atoms with Crippen LogP contribution in [0.25, 0.3) is 10.2 Å². The number of likely N-dealkylation sites (tertiary alicyclic amines) is 1. The fourth-order valence-corrected chi connectivity index (χ4v) is 3.30. The Morgan fingerprint density at radius 3 is 2.95 bits per heavy atom. The summed E-state index contributed by atoms with van der Waals surface area (Å²) < 4.78 is 5.81. The number of hydrogen-bond acceptors (Lipinski definition) is 6. The minimum absolute atomic E-state index is 0.283. The lowest BCUT2D eigenvalue weighted by molar-refractivity contribution is 0.234. The molecule has 2 aromatic rings. The second-order valence-electron chi connectivity index (χ2n) is 4.86. The van der Waals surface area contributed by atoms with Gasteiger partial charge in [-0.15, -0.1) is 11.3 Å². The summed E-state index contributed by atoms with van der Waals surface area (Å²) in [7, 11) is 0. The molecule has 0 amide bonds. The van der Waals surface area contributed by atoms with Crippen molar-refractivity contribution in [2.75, 3.05) is 32.0 Å². The SMILES string of the molecule is Cc1cc2c(OCCN3CCCC3)nc(N)nc2s1. The van der Waals surface area contributed by atoms with Crippen molar-refractivity contribution in [3.05, 3.63) is 10.9 Å². The fourth-order valence-electron chi connectivity index (χ4n) is 2.42. The van der Waals surface area contributed by atoms with E-state index in [-0.39, 0.29) is 5.95 Å². The maximum Gasteiger partial charge on any atom is 0.227 e. The van der Waals surface area contributed by atoms with E-state index in [9.17, 15) is 0 Å². The highest BCUT2D eigenvalue weighted by Crippen LogP contribution is 2.30. The molecule has 1 saturated heterocycles. The molecule has 0 spiro atoms. The zero-order valence-electron chi connectivity index (χ0n) is 11.1. The first-order valence-corrected chi connectivity index (χ1v) is 7.43. The highest BCUT2D eigenvalue weighted by molar-refractivity contribution is 7.18. The number of fused-ring (bicyclic) bond motifs is 1. The first kappa shape index (κ1) is 12.6. The largest absolute Gasteiger partial charge is 0.476 e. The number of aryl methyl sites for hydroxylation is 1. The summed E-state index contributed by atoms with van der Waals surface area (Å²) in [5.41, 5.74) is 5.72. The molecule has 0 atom stereocenters. The van der Waals surface area contributed by atoms with Crippen LogP contribution in [0.15, 0.2) is 6.07 Å². The Balaban J connectivity index is 1.72. The average molecular weight is 278 g/mol. The number of nitrogens with two attached hydrogens (primary N) is 1. The molecule has 0 bridgehead atoms. The lowest BCUT2D eigenvalue weighted by Gasteiger charge is -2.14. The Hall–Kier alpha value is -1.40. The van der Waals surface area contributed by atoms with Crippen molar-refractivity contribution in [3.63, 3.8) is 0 Å². The van der Waals surface area contributed by atoms with Gasteiger partial charge in [0.25, 0.3) is 0 Å². The lowest BCUT2D eigenvalue weighted by Crippen LogP contribution is -2.25. The third kappa shape index (κ3) is 2.79. The molecule has 2 aromatic heterocycles. The van der Waals surface area contributed by atoms with Crippen LogP contribution >= 0.6 is 11.3 Å². The topological polar surface area (TPSA) is 64.3 Å². The van der Waals surface area contributed by atoms with E-state index in [1.54, 1.807) is 11.3 Å².